The van der Waals surface area contributed by atoms with Crippen LogP contribution in [0.25, 0.3) is 5.69 Å². The van der Waals surface area contributed by atoms with Gasteiger partial charge in [-0.3, -0.25) is 14.9 Å². The number of nitro groups is 1. The summed E-state index contributed by atoms with van der Waals surface area (Å²) in [6.07, 6.45) is 0. The van der Waals surface area contributed by atoms with Crippen LogP contribution in [0.4, 0.5) is 11.4 Å². The molecule has 2 aromatic carbocycles. The molecule has 7 nitrogen and oxygen atoms in total. The van der Waals surface area contributed by atoms with E-state index in [1.807, 2.05) is 30.3 Å². The molecule has 0 fully saturated rings. The molecule has 1 amide bonds. The fourth-order valence-corrected chi connectivity index (χ4v) is 2.75. The quantitative estimate of drug-likeness (QED) is 0.565. The first-order valence-corrected chi connectivity index (χ1v) is 7.71. The molecule has 0 spiro atoms. The fraction of sp³-hybridized carbons (Fsp3) is 0.0588. The Morgan fingerprint density at radius 1 is 1.20 bits per heavy atom. The maximum atomic E-state index is 12.6. The number of benzene rings is 2. The molecule has 0 saturated heterocycles. The van der Waals surface area contributed by atoms with Crippen molar-refractivity contribution in [3.8, 4) is 5.69 Å². The lowest BCUT2D eigenvalue weighted by Crippen LogP contribution is -2.13. The first-order chi connectivity index (χ1) is 12.0. The molecular formula is C17H13ClN4O3. The lowest BCUT2D eigenvalue weighted by atomic mass is 10.2. The van der Waals surface area contributed by atoms with Crippen molar-refractivity contribution >= 4 is 28.9 Å². The smallest absolute Gasteiger partial charge is 0.271 e. The molecule has 0 aliphatic rings. The Kier molecular flexibility index (Phi) is 4.49. The van der Waals surface area contributed by atoms with Crippen LogP contribution < -0.4 is 5.32 Å². The number of carbonyl (C=O) groups excluding carboxylic acids is 1. The number of carbonyl (C=O) groups is 1. The molecule has 0 unspecified atom stereocenters. The number of nitrogens with one attached hydrogen (secondary N) is 1. The molecule has 1 heterocycles. The average molecular weight is 357 g/mol. The summed E-state index contributed by atoms with van der Waals surface area (Å²) in [5.41, 5.74) is 1.60. The van der Waals surface area contributed by atoms with E-state index >= 15 is 0 Å². The van der Waals surface area contributed by atoms with Crippen molar-refractivity contribution in [2.45, 2.75) is 6.92 Å². The van der Waals surface area contributed by atoms with Gasteiger partial charge in [-0.1, -0.05) is 35.9 Å². The van der Waals surface area contributed by atoms with Gasteiger partial charge in [0.15, 0.2) is 0 Å². The number of hydrogen-bond donors (Lipinski definition) is 1. The monoisotopic (exact) mass is 356 g/mol. The Hall–Kier alpha value is -3.19. The van der Waals surface area contributed by atoms with Gasteiger partial charge in [0.1, 0.15) is 10.7 Å². The lowest BCUT2D eigenvalue weighted by Gasteiger charge is -2.05. The Labute approximate surface area is 148 Å². The third kappa shape index (κ3) is 3.36. The predicted octanol–water partition coefficient (Wildman–Crippen LogP) is 3.99. The standard InChI is InChI=1S/C17H13ClN4O3/c1-11-15(16(18)21(20-11)13-7-3-2-4-8-13)17(23)19-12-6-5-9-14(10-12)22(24)25/h2-10H,1H3,(H,19,23). The van der Waals surface area contributed by atoms with Crippen molar-refractivity contribution in [1.29, 1.82) is 0 Å². The van der Waals surface area contributed by atoms with Crippen LogP contribution in [0, 0.1) is 17.0 Å². The number of rotatable bonds is 4. The summed E-state index contributed by atoms with van der Waals surface area (Å²) < 4.78 is 1.47. The van der Waals surface area contributed by atoms with Gasteiger partial charge in [0, 0.05) is 17.8 Å². The SMILES string of the molecule is Cc1nn(-c2ccccc2)c(Cl)c1C(=O)Nc1cccc([N+](=O)[O-])c1. The van der Waals surface area contributed by atoms with Gasteiger partial charge >= 0.3 is 0 Å². The van der Waals surface area contributed by atoms with E-state index in [0.717, 1.165) is 5.69 Å². The van der Waals surface area contributed by atoms with E-state index in [-0.39, 0.29) is 16.4 Å². The van der Waals surface area contributed by atoms with Gasteiger partial charge in [0.25, 0.3) is 11.6 Å². The van der Waals surface area contributed by atoms with Crippen LogP contribution in [-0.4, -0.2) is 20.6 Å². The normalized spacial score (nSPS) is 10.5. The molecule has 0 aliphatic carbocycles. The van der Waals surface area contributed by atoms with E-state index in [0.29, 0.717) is 11.4 Å². The molecule has 25 heavy (non-hydrogen) atoms. The van der Waals surface area contributed by atoms with Gasteiger partial charge in [-0.05, 0) is 25.1 Å². The van der Waals surface area contributed by atoms with Crippen LogP contribution in [0.5, 0.6) is 0 Å². The van der Waals surface area contributed by atoms with Crippen molar-refractivity contribution in [2.75, 3.05) is 5.32 Å². The average Bonchev–Trinajstić information content (AvgIpc) is 2.90. The summed E-state index contributed by atoms with van der Waals surface area (Å²) in [6, 6.07) is 14.9. The zero-order valence-corrected chi connectivity index (χ0v) is 13.9. The van der Waals surface area contributed by atoms with Crippen LogP contribution in [0.15, 0.2) is 54.6 Å². The van der Waals surface area contributed by atoms with Gasteiger partial charge in [-0.2, -0.15) is 5.10 Å². The summed E-state index contributed by atoms with van der Waals surface area (Å²) >= 11 is 6.34. The Bertz CT molecular complexity index is 954. The molecule has 8 heteroatoms. The molecule has 1 aromatic heterocycles. The van der Waals surface area contributed by atoms with Crippen molar-refractivity contribution in [3.63, 3.8) is 0 Å². The third-order valence-electron chi connectivity index (χ3n) is 3.55. The molecule has 0 saturated carbocycles. The van der Waals surface area contributed by atoms with Crippen LogP contribution in [-0.2, 0) is 0 Å². The number of para-hydroxylation sites is 1. The Morgan fingerprint density at radius 3 is 2.60 bits per heavy atom. The number of non-ortho nitro benzene ring substituents is 1. The van der Waals surface area contributed by atoms with Gasteiger partial charge in [-0.15, -0.1) is 0 Å². The molecule has 3 rings (SSSR count). The molecule has 126 valence electrons. The molecule has 0 radical (unpaired) electrons. The van der Waals surface area contributed by atoms with Gasteiger partial charge in [-0.25, -0.2) is 4.68 Å². The van der Waals surface area contributed by atoms with E-state index in [1.54, 1.807) is 13.0 Å². The summed E-state index contributed by atoms with van der Waals surface area (Å²) in [5.74, 6) is -0.481. The minimum absolute atomic E-state index is 0.111. The zero-order valence-electron chi connectivity index (χ0n) is 13.1. The molecule has 0 aliphatic heterocycles. The van der Waals surface area contributed by atoms with Gasteiger partial charge in [0.2, 0.25) is 0 Å². The highest BCUT2D eigenvalue weighted by Gasteiger charge is 2.21. The van der Waals surface area contributed by atoms with Crippen molar-refractivity contribution in [1.82, 2.24) is 9.78 Å². The highest BCUT2D eigenvalue weighted by molar-refractivity contribution is 6.34. The molecule has 1 N–H and O–H groups in total. The Balaban J connectivity index is 1.92. The number of hydrogen-bond acceptors (Lipinski definition) is 4. The molecule has 0 atom stereocenters. The second-order valence-electron chi connectivity index (χ2n) is 5.26. The van der Waals surface area contributed by atoms with Crippen LogP contribution in [0.3, 0.4) is 0 Å². The highest BCUT2D eigenvalue weighted by atomic mass is 35.5. The number of amides is 1. The summed E-state index contributed by atoms with van der Waals surface area (Å²) in [6.45, 7) is 1.67. The number of nitro benzene ring substituents is 1. The van der Waals surface area contributed by atoms with Crippen LogP contribution in [0.2, 0.25) is 5.15 Å². The first kappa shape index (κ1) is 16.7. The first-order valence-electron chi connectivity index (χ1n) is 7.33. The zero-order chi connectivity index (χ0) is 18.0. The fourth-order valence-electron chi connectivity index (χ4n) is 2.39. The number of aromatic nitrogens is 2. The van der Waals surface area contributed by atoms with Crippen LogP contribution >= 0.6 is 11.6 Å². The summed E-state index contributed by atoms with van der Waals surface area (Å²) in [7, 11) is 0. The molecular weight excluding hydrogens is 344 g/mol. The summed E-state index contributed by atoms with van der Waals surface area (Å²) in [5, 5.41) is 17.9. The van der Waals surface area contributed by atoms with E-state index in [9.17, 15) is 14.9 Å². The lowest BCUT2D eigenvalue weighted by molar-refractivity contribution is -0.384. The van der Waals surface area contributed by atoms with Gasteiger partial charge in [0.05, 0.1) is 16.3 Å². The second-order valence-corrected chi connectivity index (χ2v) is 5.62. The predicted molar refractivity (Wildman–Crippen MR) is 94.4 cm³/mol. The second kappa shape index (κ2) is 6.74. The minimum atomic E-state index is -0.526. The van der Waals surface area contributed by atoms with Gasteiger partial charge < -0.3 is 5.32 Å². The number of halogens is 1. The third-order valence-corrected chi connectivity index (χ3v) is 3.90. The molecule has 0 bridgehead atoms. The maximum Gasteiger partial charge on any atom is 0.271 e. The Morgan fingerprint density at radius 2 is 1.92 bits per heavy atom. The highest BCUT2D eigenvalue weighted by Crippen LogP contribution is 2.25. The topological polar surface area (TPSA) is 90.1 Å². The summed E-state index contributed by atoms with van der Waals surface area (Å²) in [4.78, 5) is 22.9. The van der Waals surface area contributed by atoms with E-state index < -0.39 is 10.8 Å². The largest absolute Gasteiger partial charge is 0.322 e. The van der Waals surface area contributed by atoms with E-state index in [2.05, 4.69) is 10.4 Å². The molecule has 3 aromatic rings. The maximum absolute atomic E-state index is 12.6. The van der Waals surface area contributed by atoms with E-state index in [4.69, 9.17) is 11.6 Å². The van der Waals surface area contributed by atoms with E-state index in [1.165, 1.54) is 22.9 Å². The number of nitrogens with zero attached hydrogens (tertiary/aromatic N) is 3. The minimum Gasteiger partial charge on any atom is -0.322 e. The van der Waals surface area contributed by atoms with Crippen molar-refractivity contribution in [3.05, 3.63) is 81.1 Å². The van der Waals surface area contributed by atoms with Crippen molar-refractivity contribution < 1.29 is 9.72 Å². The van der Waals surface area contributed by atoms with Crippen LogP contribution in [0.1, 0.15) is 16.1 Å². The number of aryl methyl sites for hydroxylation is 1. The van der Waals surface area contributed by atoms with Crippen molar-refractivity contribution in [2.24, 2.45) is 0 Å². The number of anilines is 1.